The number of carbonyl (C=O) groups is 1. The van der Waals surface area contributed by atoms with E-state index in [1.807, 2.05) is 0 Å². The summed E-state index contributed by atoms with van der Waals surface area (Å²) in [5.74, 6) is -0.806. The summed E-state index contributed by atoms with van der Waals surface area (Å²) in [5, 5.41) is 21.7. The molecule has 2 saturated carbocycles. The molecule has 1 aliphatic heterocycles. The number of fused-ring (bicyclic) bond motifs is 2. The summed E-state index contributed by atoms with van der Waals surface area (Å²) in [4.78, 5) is 12.8. The van der Waals surface area contributed by atoms with Crippen LogP contribution >= 0.6 is 0 Å². The van der Waals surface area contributed by atoms with Crippen LogP contribution in [-0.4, -0.2) is 37.5 Å². The van der Waals surface area contributed by atoms with Crippen molar-refractivity contribution < 1.29 is 144 Å². The van der Waals surface area contributed by atoms with Crippen LogP contribution in [0.3, 0.4) is 0 Å². The van der Waals surface area contributed by atoms with Crippen LogP contribution < -0.4 is 118 Å². The average Bonchev–Trinajstić information content (AvgIpc) is 3.42. The second kappa shape index (κ2) is 7.83. The van der Waals surface area contributed by atoms with E-state index in [0.717, 1.165) is 18.2 Å². The summed E-state index contributed by atoms with van der Waals surface area (Å²) in [5.41, 5.74) is -9.33. The molecule has 1 aromatic rings. The van der Waals surface area contributed by atoms with Gasteiger partial charge in [-0.15, -0.1) is 0 Å². The molecular formula is C15H10BF6K2NO3. The van der Waals surface area contributed by atoms with Crippen LogP contribution in [0.5, 0.6) is 0 Å². The van der Waals surface area contributed by atoms with Crippen molar-refractivity contribution in [3.05, 3.63) is 29.3 Å². The third kappa shape index (κ3) is 3.40. The number of rotatable bonds is 3. The molecule has 140 valence electrons. The summed E-state index contributed by atoms with van der Waals surface area (Å²) >= 11 is 0. The van der Waals surface area contributed by atoms with E-state index in [1.165, 1.54) is 0 Å². The van der Waals surface area contributed by atoms with E-state index >= 15 is 0 Å². The Hall–Kier alpha value is 1.53. The molecule has 1 heterocycles. The molecule has 0 aromatic heterocycles. The minimum absolute atomic E-state index is 0. The second-order valence-electron chi connectivity index (χ2n) is 6.99. The zero-order valence-electron chi connectivity index (χ0n) is 14.9. The standard InChI is InChI=1S/C15H10BF6NO3.2K/c17-10-14(21,15(10,22)16(25)26)7-1-2-8-9(5-7)23(6-13(18,19)20)11(24)12(8)3-4-12;;/h1-2,5,10H,3-4,6H2;;/q-2;2*+1/t10?,14-,15-;;/m0../s1. The summed E-state index contributed by atoms with van der Waals surface area (Å²) in [6, 6.07) is 2.80. The van der Waals surface area contributed by atoms with Gasteiger partial charge in [0.2, 0.25) is 5.91 Å². The van der Waals surface area contributed by atoms with Crippen LogP contribution in [0.2, 0.25) is 0 Å². The van der Waals surface area contributed by atoms with E-state index in [2.05, 4.69) is 0 Å². The minimum Gasteiger partial charge on any atom is -0.891 e. The SMILES string of the molecule is O=C1N(CC(F)(F)F)c2cc([C@]3(F)C(F)[C@@]3(F)B([O-])[O-])ccc2C12CC2.[K+].[K+]. The molecule has 4 nitrogen and oxygen atoms in total. The van der Waals surface area contributed by atoms with Crippen molar-refractivity contribution >= 4 is 18.7 Å². The monoisotopic (exact) mass is 455 g/mol. The Bertz CT molecular complexity index is 823. The van der Waals surface area contributed by atoms with E-state index in [-0.39, 0.29) is 114 Å². The van der Waals surface area contributed by atoms with E-state index in [0.29, 0.717) is 17.7 Å². The Kier molecular flexibility index (Phi) is 7.22. The number of halogens is 6. The fourth-order valence-electron chi connectivity index (χ4n) is 3.86. The first-order chi connectivity index (χ1) is 11.9. The quantitative estimate of drug-likeness (QED) is 0.338. The number of amides is 1. The molecule has 0 radical (unpaired) electrons. The molecule has 2 fully saturated rings. The molecule has 1 amide bonds. The van der Waals surface area contributed by atoms with Crippen LogP contribution in [0.15, 0.2) is 18.2 Å². The number of nitrogens with zero attached hydrogens (tertiary/aromatic N) is 1. The van der Waals surface area contributed by atoms with Gasteiger partial charge >= 0.3 is 109 Å². The number of benzene rings is 1. The van der Waals surface area contributed by atoms with Crippen molar-refractivity contribution in [2.75, 3.05) is 11.4 Å². The maximum absolute atomic E-state index is 14.7. The van der Waals surface area contributed by atoms with E-state index in [9.17, 15) is 41.2 Å². The molecule has 2 aliphatic carbocycles. The van der Waals surface area contributed by atoms with Gasteiger partial charge in [-0.2, -0.15) is 13.2 Å². The Morgan fingerprint density at radius 1 is 1.18 bits per heavy atom. The van der Waals surface area contributed by atoms with Gasteiger partial charge in [0.25, 0.3) is 0 Å². The van der Waals surface area contributed by atoms with Gasteiger partial charge in [-0.05, 0) is 30.0 Å². The van der Waals surface area contributed by atoms with Gasteiger partial charge < -0.3 is 14.9 Å². The third-order valence-corrected chi connectivity index (χ3v) is 5.50. The first-order valence-corrected chi connectivity index (χ1v) is 7.77. The van der Waals surface area contributed by atoms with Gasteiger partial charge in [0, 0.05) is 5.69 Å². The Morgan fingerprint density at radius 2 is 1.75 bits per heavy atom. The second-order valence-corrected chi connectivity index (χ2v) is 6.99. The molecule has 3 atom stereocenters. The maximum Gasteiger partial charge on any atom is 1.00 e. The van der Waals surface area contributed by atoms with Crippen LogP contribution in [0.25, 0.3) is 0 Å². The summed E-state index contributed by atoms with van der Waals surface area (Å²) < 4.78 is 80.9. The average molecular weight is 455 g/mol. The van der Waals surface area contributed by atoms with Gasteiger partial charge in [-0.1, -0.05) is 19.3 Å². The Labute approximate surface area is 241 Å². The molecule has 13 heteroatoms. The molecule has 1 unspecified atom stereocenters. The fraction of sp³-hybridized carbons (Fsp3) is 0.533. The smallest absolute Gasteiger partial charge is 0.891 e. The fourth-order valence-corrected chi connectivity index (χ4v) is 3.86. The molecule has 4 rings (SSSR count). The number of anilines is 1. The van der Waals surface area contributed by atoms with Gasteiger partial charge in [-0.25, -0.2) is 13.2 Å². The Balaban J connectivity index is 0.00000140. The van der Waals surface area contributed by atoms with Gasteiger partial charge in [0.1, 0.15) is 12.1 Å². The molecule has 0 saturated heterocycles. The molecule has 1 spiro atoms. The number of hydrogen-bond donors (Lipinski definition) is 0. The zero-order chi connectivity index (χ0) is 19.3. The predicted molar refractivity (Wildman–Crippen MR) is 73.0 cm³/mol. The first-order valence-electron chi connectivity index (χ1n) is 7.77. The summed E-state index contributed by atoms with van der Waals surface area (Å²) in [6.07, 6.45) is -7.13. The van der Waals surface area contributed by atoms with E-state index in [4.69, 9.17) is 0 Å². The first kappa shape index (κ1) is 25.8. The van der Waals surface area contributed by atoms with Crippen LogP contribution in [-0.2, 0) is 15.9 Å². The molecular weight excluding hydrogens is 445 g/mol. The topological polar surface area (TPSA) is 66.4 Å². The third-order valence-electron chi connectivity index (χ3n) is 5.50. The van der Waals surface area contributed by atoms with Crippen molar-refractivity contribution in [2.45, 2.75) is 41.8 Å². The van der Waals surface area contributed by atoms with Crippen molar-refractivity contribution in [1.82, 2.24) is 0 Å². The molecule has 0 bridgehead atoms. The largest absolute Gasteiger partial charge is 1.00 e. The zero-order valence-corrected chi connectivity index (χ0v) is 21.2. The number of hydrogen-bond acceptors (Lipinski definition) is 3. The maximum atomic E-state index is 14.7. The van der Waals surface area contributed by atoms with Crippen LogP contribution in [0.4, 0.5) is 32.0 Å². The van der Waals surface area contributed by atoms with Gasteiger partial charge in [0.15, 0.2) is 11.8 Å². The molecule has 0 N–H and O–H groups in total. The van der Waals surface area contributed by atoms with Crippen molar-refractivity contribution in [3.63, 3.8) is 0 Å². The van der Waals surface area contributed by atoms with Crippen LogP contribution in [0.1, 0.15) is 24.0 Å². The van der Waals surface area contributed by atoms with Gasteiger partial charge in [0.05, 0.1) is 5.41 Å². The van der Waals surface area contributed by atoms with Crippen molar-refractivity contribution in [3.8, 4) is 0 Å². The normalized spacial score (nSPS) is 31.8. The van der Waals surface area contributed by atoms with Crippen molar-refractivity contribution in [1.29, 1.82) is 0 Å². The predicted octanol–water partition coefficient (Wildman–Crippen LogP) is -5.39. The van der Waals surface area contributed by atoms with Crippen LogP contribution in [0, 0.1) is 0 Å². The van der Waals surface area contributed by atoms with Crippen molar-refractivity contribution in [2.24, 2.45) is 0 Å². The molecule has 3 aliphatic rings. The summed E-state index contributed by atoms with van der Waals surface area (Å²) in [6.45, 7) is -1.63. The number of alkyl halides is 6. The minimum atomic E-state index is -4.74. The Morgan fingerprint density at radius 3 is 2.18 bits per heavy atom. The number of carbonyl (C=O) groups excluding carboxylic acids is 1. The molecule has 28 heavy (non-hydrogen) atoms. The summed E-state index contributed by atoms with van der Waals surface area (Å²) in [7, 11) is -3.45. The van der Waals surface area contributed by atoms with E-state index in [1.54, 1.807) is 0 Å². The molecule has 1 aromatic carbocycles. The van der Waals surface area contributed by atoms with Gasteiger partial charge in [-0.3, -0.25) is 4.79 Å². The van der Waals surface area contributed by atoms with E-state index < -0.39 is 54.1 Å².